The maximum absolute atomic E-state index is 12.1. The lowest BCUT2D eigenvalue weighted by atomic mass is 10.1. The summed E-state index contributed by atoms with van der Waals surface area (Å²) >= 11 is 0. The fourth-order valence-corrected chi connectivity index (χ4v) is 2.83. The van der Waals surface area contributed by atoms with Crippen molar-refractivity contribution < 1.29 is 14.3 Å². The lowest BCUT2D eigenvalue weighted by Gasteiger charge is -2.11. The van der Waals surface area contributed by atoms with Crippen LogP contribution in [0.2, 0.25) is 0 Å². The van der Waals surface area contributed by atoms with Gasteiger partial charge in [-0.15, -0.1) is 0 Å². The van der Waals surface area contributed by atoms with Gasteiger partial charge in [-0.3, -0.25) is 19.3 Å². The van der Waals surface area contributed by atoms with Gasteiger partial charge in [-0.25, -0.2) is 0 Å². The molecule has 0 saturated heterocycles. The number of methoxy groups -OCH3 is 1. The normalized spacial score (nSPS) is 15.6. The quantitative estimate of drug-likeness (QED) is 0.686. The fraction of sp³-hybridized carbons (Fsp3) is 0.412. The Kier molecular flexibility index (Phi) is 5.39. The molecule has 1 atom stereocenters. The summed E-state index contributed by atoms with van der Waals surface area (Å²) in [6.07, 6.45) is 4.34. The monoisotopic (exact) mass is 343 g/mol. The summed E-state index contributed by atoms with van der Waals surface area (Å²) in [7, 11) is 1.58. The molecule has 2 amide bonds. The van der Waals surface area contributed by atoms with Crippen molar-refractivity contribution >= 4 is 11.8 Å². The molecule has 8 nitrogen and oxygen atoms in total. The summed E-state index contributed by atoms with van der Waals surface area (Å²) in [5.74, 6) is -0.239. The highest BCUT2D eigenvalue weighted by atomic mass is 16.5. The van der Waals surface area contributed by atoms with Gasteiger partial charge in [-0.05, 0) is 23.8 Å². The largest absolute Gasteiger partial charge is 0.383 e. The highest BCUT2D eigenvalue weighted by Gasteiger charge is 2.26. The zero-order valence-corrected chi connectivity index (χ0v) is 14.1. The van der Waals surface area contributed by atoms with Crippen LogP contribution in [0.4, 0.5) is 0 Å². The minimum Gasteiger partial charge on any atom is -0.383 e. The molecule has 0 bridgehead atoms. The number of hydrogen-bond donors (Lipinski definition) is 2. The van der Waals surface area contributed by atoms with Crippen LogP contribution in [0.1, 0.15) is 21.7 Å². The van der Waals surface area contributed by atoms with Crippen LogP contribution < -0.4 is 10.6 Å². The van der Waals surface area contributed by atoms with E-state index in [1.165, 1.54) is 0 Å². The van der Waals surface area contributed by atoms with Gasteiger partial charge in [0.05, 0.1) is 25.6 Å². The van der Waals surface area contributed by atoms with Gasteiger partial charge < -0.3 is 15.4 Å². The predicted molar refractivity (Wildman–Crippen MR) is 90.0 cm³/mol. The van der Waals surface area contributed by atoms with Crippen molar-refractivity contribution in [1.29, 1.82) is 0 Å². The third kappa shape index (κ3) is 4.42. The number of amides is 2. The Hall–Kier alpha value is -2.74. The zero-order valence-electron chi connectivity index (χ0n) is 14.1. The van der Waals surface area contributed by atoms with Crippen molar-refractivity contribution in [3.05, 3.63) is 47.5 Å². The summed E-state index contributed by atoms with van der Waals surface area (Å²) in [5.41, 5.74) is 2.28. The van der Waals surface area contributed by atoms with Gasteiger partial charge in [0.15, 0.2) is 0 Å². The van der Waals surface area contributed by atoms with Crippen molar-refractivity contribution in [2.75, 3.05) is 20.3 Å². The van der Waals surface area contributed by atoms with E-state index in [4.69, 9.17) is 4.74 Å². The van der Waals surface area contributed by atoms with Gasteiger partial charge in [-0.1, -0.05) is 0 Å². The third-order valence-electron chi connectivity index (χ3n) is 4.02. The van der Waals surface area contributed by atoms with Gasteiger partial charge in [0, 0.05) is 38.2 Å². The standard InChI is InChI=1S/C17H21N5O3/c1-25-7-6-19-17(24)15-10-14-9-13(11-22(14)21-15)20-16(23)8-12-2-4-18-5-3-12/h2-5,10,13H,6-9,11H2,1H3,(H,19,24)(H,20,23)/t13-/m0/s1. The molecule has 1 aliphatic rings. The highest BCUT2D eigenvalue weighted by Crippen LogP contribution is 2.16. The Labute approximate surface area is 145 Å². The number of fused-ring (bicyclic) bond motifs is 1. The lowest BCUT2D eigenvalue weighted by Crippen LogP contribution is -2.37. The predicted octanol–water partition coefficient (Wildman–Crippen LogP) is -0.0621. The van der Waals surface area contributed by atoms with E-state index < -0.39 is 0 Å². The molecule has 0 fully saturated rings. The van der Waals surface area contributed by atoms with Gasteiger partial charge in [0.25, 0.3) is 5.91 Å². The number of carbonyl (C=O) groups is 2. The molecule has 8 heteroatoms. The first-order chi connectivity index (χ1) is 12.2. The number of hydrogen-bond acceptors (Lipinski definition) is 5. The molecule has 0 aliphatic carbocycles. The SMILES string of the molecule is COCCNC(=O)c1cc2n(n1)C[C@@H](NC(=O)Cc1ccncc1)C2. The molecule has 25 heavy (non-hydrogen) atoms. The average Bonchev–Trinajstić information content (AvgIpc) is 3.14. The first kappa shape index (κ1) is 17.1. The molecule has 3 heterocycles. The number of rotatable bonds is 7. The first-order valence-corrected chi connectivity index (χ1v) is 8.18. The van der Waals surface area contributed by atoms with Crippen molar-refractivity contribution in [1.82, 2.24) is 25.4 Å². The average molecular weight is 343 g/mol. The Morgan fingerprint density at radius 1 is 1.36 bits per heavy atom. The van der Waals surface area contributed by atoms with Gasteiger partial charge in [0.2, 0.25) is 5.91 Å². The maximum atomic E-state index is 12.1. The minimum atomic E-state index is -0.211. The number of pyridine rings is 1. The molecule has 132 valence electrons. The van der Waals surface area contributed by atoms with Crippen molar-refractivity contribution in [2.24, 2.45) is 0 Å². The second-order valence-corrected chi connectivity index (χ2v) is 5.95. The smallest absolute Gasteiger partial charge is 0.271 e. The van der Waals surface area contributed by atoms with Crippen molar-refractivity contribution in [3.8, 4) is 0 Å². The minimum absolute atomic E-state index is 0.00226. The van der Waals surface area contributed by atoms with Crippen molar-refractivity contribution in [3.63, 3.8) is 0 Å². The molecule has 1 aliphatic heterocycles. The highest BCUT2D eigenvalue weighted by molar-refractivity contribution is 5.92. The summed E-state index contributed by atoms with van der Waals surface area (Å²) in [4.78, 5) is 28.0. The second-order valence-electron chi connectivity index (χ2n) is 5.95. The van der Waals surface area contributed by atoms with Crippen LogP contribution >= 0.6 is 0 Å². The second kappa shape index (κ2) is 7.89. The molecular weight excluding hydrogens is 322 g/mol. The summed E-state index contributed by atoms with van der Waals surface area (Å²) in [5, 5.41) is 10.1. The molecular formula is C17H21N5O3. The summed E-state index contributed by atoms with van der Waals surface area (Å²) in [6.45, 7) is 1.48. The third-order valence-corrected chi connectivity index (χ3v) is 4.02. The van der Waals surface area contributed by atoms with E-state index in [2.05, 4.69) is 20.7 Å². The van der Waals surface area contributed by atoms with Crippen LogP contribution in [-0.2, 0) is 28.9 Å². The van der Waals surface area contributed by atoms with Gasteiger partial charge in [0.1, 0.15) is 5.69 Å². The molecule has 0 unspecified atom stereocenters. The van der Waals surface area contributed by atoms with E-state index in [1.807, 2.05) is 12.1 Å². The van der Waals surface area contributed by atoms with E-state index in [0.29, 0.717) is 38.2 Å². The maximum Gasteiger partial charge on any atom is 0.271 e. The molecule has 0 spiro atoms. The number of ether oxygens (including phenoxy) is 1. The Morgan fingerprint density at radius 3 is 2.88 bits per heavy atom. The van der Waals surface area contributed by atoms with E-state index >= 15 is 0 Å². The van der Waals surface area contributed by atoms with Gasteiger partial charge in [-0.2, -0.15) is 5.10 Å². The van der Waals surface area contributed by atoms with E-state index in [1.54, 1.807) is 30.3 Å². The van der Waals surface area contributed by atoms with Gasteiger partial charge >= 0.3 is 0 Å². The lowest BCUT2D eigenvalue weighted by molar-refractivity contribution is -0.121. The molecule has 0 aromatic carbocycles. The molecule has 3 rings (SSSR count). The summed E-state index contributed by atoms with van der Waals surface area (Å²) in [6, 6.07) is 5.43. The number of carbonyl (C=O) groups excluding carboxylic acids is 2. The zero-order chi connectivity index (χ0) is 17.6. The molecule has 2 N–H and O–H groups in total. The molecule has 2 aromatic rings. The fourth-order valence-electron chi connectivity index (χ4n) is 2.83. The van der Waals surface area contributed by atoms with Crippen LogP contribution in [0.3, 0.4) is 0 Å². The van der Waals surface area contributed by atoms with E-state index in [0.717, 1.165) is 11.3 Å². The number of nitrogens with zero attached hydrogens (tertiary/aromatic N) is 3. The van der Waals surface area contributed by atoms with Crippen LogP contribution in [-0.4, -0.2) is 52.9 Å². The van der Waals surface area contributed by atoms with E-state index in [9.17, 15) is 9.59 Å². The van der Waals surface area contributed by atoms with Crippen LogP contribution in [0.5, 0.6) is 0 Å². The molecule has 0 radical (unpaired) electrons. The van der Waals surface area contributed by atoms with Crippen molar-refractivity contribution in [2.45, 2.75) is 25.4 Å². The van der Waals surface area contributed by atoms with Crippen LogP contribution in [0.15, 0.2) is 30.6 Å². The Bertz CT molecular complexity index is 720. The molecule has 0 saturated carbocycles. The first-order valence-electron chi connectivity index (χ1n) is 8.18. The molecule has 2 aromatic heterocycles. The Balaban J connectivity index is 1.50. The van der Waals surface area contributed by atoms with E-state index in [-0.39, 0.29) is 17.9 Å². The van der Waals surface area contributed by atoms with Crippen LogP contribution in [0, 0.1) is 0 Å². The number of aromatic nitrogens is 3. The number of nitrogens with one attached hydrogen (secondary N) is 2. The van der Waals surface area contributed by atoms with Crippen LogP contribution in [0.25, 0.3) is 0 Å². The topological polar surface area (TPSA) is 98.1 Å². The summed E-state index contributed by atoms with van der Waals surface area (Å²) < 4.78 is 6.68. The Morgan fingerprint density at radius 2 is 2.16 bits per heavy atom.